The molecule has 6 heteroatoms. The molecule has 0 unspecified atom stereocenters. The van der Waals surface area contributed by atoms with Crippen molar-refractivity contribution < 1.29 is 8.97 Å². The Hall–Kier alpha value is 1.20. The minimum absolute atomic E-state index is 0.854. The maximum atomic E-state index is 6.28. The predicted octanol–water partition coefficient (Wildman–Crippen LogP) is 2.96. The third kappa shape index (κ3) is 1.42. The number of halogens is 4. The maximum absolute atomic E-state index is 6.28. The summed E-state index contributed by atoms with van der Waals surface area (Å²) < 4.78 is 1.75. The summed E-state index contributed by atoms with van der Waals surface area (Å²) >= 11 is 19.5. The Morgan fingerprint density at radius 3 is 1.57 bits per heavy atom. The summed E-state index contributed by atoms with van der Waals surface area (Å²) in [6.45, 7) is 4.15. The van der Waals surface area contributed by atoms with Gasteiger partial charge in [-0.15, -0.1) is 0 Å². The van der Waals surface area contributed by atoms with Gasteiger partial charge in [0.05, 0.1) is 10.7 Å². The molecule has 2 nitrogen and oxygen atoms in total. The molecule has 0 amide bonds. The monoisotopic (exact) mass is 364 g/mol. The van der Waals surface area contributed by atoms with Crippen LogP contribution in [0.3, 0.4) is 0 Å². The number of hydrogen-bond donors (Lipinski definition) is 0. The van der Waals surface area contributed by atoms with Crippen molar-refractivity contribution in [2.45, 2.75) is 0 Å². The van der Waals surface area contributed by atoms with E-state index in [0.29, 0.717) is 0 Å². The van der Waals surface area contributed by atoms with Crippen molar-refractivity contribution >= 4 is 55.1 Å². The van der Waals surface area contributed by atoms with Gasteiger partial charge in [0.25, 0.3) is 10.3 Å². The van der Waals surface area contributed by atoms with E-state index in [1.54, 1.807) is 0 Å². The first-order chi connectivity index (χ1) is 6.60. The molecule has 0 N–H and O–H groups in total. The van der Waals surface area contributed by atoms with E-state index in [-0.39, 0.29) is 0 Å². The summed E-state index contributed by atoms with van der Waals surface area (Å²) in [5.74, 6) is 0. The SMILES string of the molecule is ClC1=C(Cl)[N+]2(CCBr)C[N+]1(CCBr)C2. The molecule has 80 valence electrons. The van der Waals surface area contributed by atoms with E-state index < -0.39 is 0 Å². The van der Waals surface area contributed by atoms with Crippen LogP contribution in [0.1, 0.15) is 0 Å². The molecule has 14 heavy (non-hydrogen) atoms. The number of nitrogens with zero attached hydrogens (tertiary/aromatic N) is 2. The van der Waals surface area contributed by atoms with Gasteiger partial charge < -0.3 is 0 Å². The molecular formula is C8H12Br2Cl2N2+2. The first-order valence-corrected chi connectivity index (χ1v) is 7.51. The average molecular weight is 367 g/mol. The quantitative estimate of drug-likeness (QED) is 0.407. The zero-order chi connectivity index (χ0) is 10.4. The minimum Gasteiger partial charge on any atom is -0.181 e. The molecule has 0 aliphatic carbocycles. The molecule has 0 saturated carbocycles. The molecule has 3 rings (SSSR count). The highest BCUT2D eigenvalue weighted by atomic mass is 79.9. The minimum atomic E-state index is 0.854. The van der Waals surface area contributed by atoms with Crippen LogP contribution < -0.4 is 0 Å². The molecule has 3 aliphatic rings. The van der Waals surface area contributed by atoms with E-state index in [1.165, 1.54) is 0 Å². The van der Waals surface area contributed by atoms with Crippen LogP contribution in [0.25, 0.3) is 0 Å². The van der Waals surface area contributed by atoms with Crippen molar-refractivity contribution in [2.24, 2.45) is 0 Å². The number of quaternary nitrogens is 2. The van der Waals surface area contributed by atoms with E-state index in [1.807, 2.05) is 0 Å². The van der Waals surface area contributed by atoms with Crippen molar-refractivity contribution in [2.75, 3.05) is 37.1 Å². The lowest BCUT2D eigenvalue weighted by Gasteiger charge is -2.47. The molecule has 1 fully saturated rings. The lowest BCUT2D eigenvalue weighted by Crippen LogP contribution is -2.72. The zero-order valence-corrected chi connectivity index (χ0v) is 12.3. The van der Waals surface area contributed by atoms with Crippen molar-refractivity contribution in [3.63, 3.8) is 0 Å². The molecule has 0 spiro atoms. The average Bonchev–Trinajstić information content (AvgIpc) is 2.39. The Kier molecular flexibility index (Phi) is 3.25. The van der Waals surface area contributed by atoms with Crippen LogP contribution in [0.4, 0.5) is 0 Å². The Labute approximate surface area is 111 Å². The second kappa shape index (κ2) is 3.90. The van der Waals surface area contributed by atoms with Crippen LogP contribution in [0.15, 0.2) is 10.3 Å². The van der Waals surface area contributed by atoms with Gasteiger partial charge in [-0.3, -0.25) is 0 Å². The predicted molar refractivity (Wildman–Crippen MR) is 66.3 cm³/mol. The van der Waals surface area contributed by atoms with Gasteiger partial charge in [-0.25, -0.2) is 0 Å². The van der Waals surface area contributed by atoms with Crippen molar-refractivity contribution in [3.05, 3.63) is 10.3 Å². The zero-order valence-electron chi connectivity index (χ0n) is 7.65. The summed E-state index contributed by atoms with van der Waals surface area (Å²) in [6, 6.07) is 0. The van der Waals surface area contributed by atoms with Crippen LogP contribution in [0.5, 0.6) is 0 Å². The largest absolute Gasteiger partial charge is 0.285 e. The van der Waals surface area contributed by atoms with Gasteiger partial charge in [0.1, 0.15) is 13.1 Å². The summed E-state index contributed by atoms with van der Waals surface area (Å²) in [6.07, 6.45) is 0. The topological polar surface area (TPSA) is 0 Å². The Morgan fingerprint density at radius 1 is 0.929 bits per heavy atom. The lowest BCUT2D eigenvalue weighted by atomic mass is 10.3. The second-order valence-corrected chi connectivity index (χ2v) is 6.28. The van der Waals surface area contributed by atoms with Crippen molar-refractivity contribution in [3.8, 4) is 0 Å². The standard InChI is InChI=1S/C8H12Br2Cl2N2/c9-1-3-13-5-14(6-13,4-2-10)8(12)7(13)11/h1-6H2/q+2. The molecule has 3 aliphatic heterocycles. The van der Waals surface area contributed by atoms with E-state index in [9.17, 15) is 0 Å². The molecular weight excluding hydrogens is 355 g/mol. The summed E-state index contributed by atoms with van der Waals surface area (Å²) in [7, 11) is 0. The Morgan fingerprint density at radius 2 is 1.29 bits per heavy atom. The van der Waals surface area contributed by atoms with Gasteiger partial charge in [0, 0.05) is 0 Å². The van der Waals surface area contributed by atoms with Crippen LogP contribution in [0.2, 0.25) is 0 Å². The fraction of sp³-hybridized carbons (Fsp3) is 0.750. The summed E-state index contributed by atoms with van der Waals surface area (Å²) in [5.41, 5.74) is 0. The smallest absolute Gasteiger partial charge is 0.181 e. The highest BCUT2D eigenvalue weighted by Gasteiger charge is 2.69. The molecule has 0 aromatic heterocycles. The molecule has 0 aromatic carbocycles. The van der Waals surface area contributed by atoms with E-state index in [4.69, 9.17) is 23.2 Å². The highest BCUT2D eigenvalue weighted by molar-refractivity contribution is 9.09. The first-order valence-electron chi connectivity index (χ1n) is 4.51. The van der Waals surface area contributed by atoms with Gasteiger partial charge in [-0.2, -0.15) is 8.97 Å². The second-order valence-electron chi connectivity index (χ2n) is 3.98. The maximum Gasteiger partial charge on any atom is 0.285 e. The number of hydrogen-bond acceptors (Lipinski definition) is 0. The fourth-order valence-electron chi connectivity index (χ4n) is 2.44. The van der Waals surface area contributed by atoms with Gasteiger partial charge in [-0.05, 0) is 23.2 Å². The van der Waals surface area contributed by atoms with Gasteiger partial charge >= 0.3 is 0 Å². The van der Waals surface area contributed by atoms with Crippen LogP contribution >= 0.6 is 55.1 Å². The Bertz CT molecular complexity index is 261. The van der Waals surface area contributed by atoms with Crippen LogP contribution in [-0.2, 0) is 0 Å². The van der Waals surface area contributed by atoms with Crippen molar-refractivity contribution in [1.29, 1.82) is 0 Å². The third-order valence-corrected chi connectivity index (χ3v) is 4.99. The summed E-state index contributed by atoms with van der Waals surface area (Å²) in [4.78, 5) is 0. The third-order valence-electron chi connectivity index (χ3n) is 3.11. The van der Waals surface area contributed by atoms with Crippen LogP contribution in [-0.4, -0.2) is 46.1 Å². The van der Waals surface area contributed by atoms with Gasteiger partial charge in [0.15, 0.2) is 0 Å². The first kappa shape index (κ1) is 11.7. The molecule has 0 aromatic rings. The van der Waals surface area contributed by atoms with E-state index >= 15 is 0 Å². The normalized spacial score (nSPS) is 40.3. The highest BCUT2D eigenvalue weighted by Crippen LogP contribution is 2.51. The summed E-state index contributed by atoms with van der Waals surface area (Å²) in [5, 5.41) is 3.66. The van der Waals surface area contributed by atoms with Gasteiger partial charge in [0.2, 0.25) is 13.3 Å². The molecule has 0 atom stereocenters. The van der Waals surface area contributed by atoms with Gasteiger partial charge in [-0.1, -0.05) is 31.9 Å². The van der Waals surface area contributed by atoms with Crippen LogP contribution in [0, 0.1) is 0 Å². The fourth-order valence-corrected chi connectivity index (χ4v) is 4.54. The molecule has 0 radical (unpaired) electrons. The Balaban J connectivity index is 2.20. The molecule has 3 heterocycles. The molecule has 2 bridgehead atoms. The number of rotatable bonds is 4. The van der Waals surface area contributed by atoms with Crippen molar-refractivity contribution in [1.82, 2.24) is 0 Å². The number of alkyl halides is 2. The van der Waals surface area contributed by atoms with E-state index in [0.717, 1.165) is 56.4 Å². The molecule has 1 saturated heterocycles. The lowest BCUT2D eigenvalue weighted by molar-refractivity contribution is -1.21. The van der Waals surface area contributed by atoms with E-state index in [2.05, 4.69) is 31.9 Å².